The van der Waals surface area contributed by atoms with Crippen LogP contribution in [-0.4, -0.2) is 9.97 Å². The normalized spacial score (nSPS) is 10.2. The summed E-state index contributed by atoms with van der Waals surface area (Å²) >= 11 is 0. The van der Waals surface area contributed by atoms with E-state index in [2.05, 4.69) is 9.97 Å². The fourth-order valence-corrected chi connectivity index (χ4v) is 2.86. The van der Waals surface area contributed by atoms with Crippen LogP contribution >= 0.6 is 0 Å². The van der Waals surface area contributed by atoms with Crippen LogP contribution in [-0.2, 0) is 19.5 Å². The molecule has 0 amide bonds. The third kappa shape index (κ3) is 4.09. The molecule has 0 unspecified atom stereocenters. The fraction of sp³-hybridized carbons (Fsp3) is 0.182. The van der Waals surface area contributed by atoms with Crippen LogP contribution in [0.3, 0.4) is 0 Å². The molecule has 2 aromatic heterocycles. The van der Waals surface area contributed by atoms with Crippen molar-refractivity contribution in [1.82, 2.24) is 9.97 Å². The molecular weight excluding hydrogens is 390 g/mol. The van der Waals surface area contributed by atoms with Crippen LogP contribution in [0.1, 0.15) is 22.3 Å². The minimum Gasteiger partial charge on any atom is -0.871 e. The topological polar surface area (TPSA) is 71.9 Å². The monoisotopic (exact) mass is 408 g/mol. The van der Waals surface area contributed by atoms with Gasteiger partial charge in [0, 0.05) is 23.2 Å². The predicted octanol–water partition coefficient (Wildman–Crippen LogP) is 3.85. The van der Waals surface area contributed by atoms with Gasteiger partial charge in [-0.2, -0.15) is 0 Å². The zero-order chi connectivity index (χ0) is 18.8. The number of benzene rings is 2. The first-order valence-corrected chi connectivity index (χ1v) is 8.44. The van der Waals surface area contributed by atoms with E-state index in [-0.39, 0.29) is 31.0 Å². The molecule has 2 heterocycles. The third-order valence-corrected chi connectivity index (χ3v) is 4.76. The van der Waals surface area contributed by atoms with E-state index in [1.165, 1.54) is 0 Å². The van der Waals surface area contributed by atoms with E-state index in [4.69, 9.17) is 0 Å². The van der Waals surface area contributed by atoms with Gasteiger partial charge in [0.2, 0.25) is 0 Å². The number of hydrogen-bond acceptors (Lipinski definition) is 4. The van der Waals surface area contributed by atoms with Gasteiger partial charge in [-0.25, -0.2) is 0 Å². The molecule has 4 rings (SSSR count). The summed E-state index contributed by atoms with van der Waals surface area (Å²) in [5.41, 5.74) is 5.68. The second-order valence-corrected chi connectivity index (χ2v) is 6.44. The maximum Gasteiger partial charge on any atom is 2.00 e. The number of aromatic nitrogens is 2. The number of aryl methyl sites for hydroxylation is 4. The van der Waals surface area contributed by atoms with Crippen LogP contribution in [0, 0.1) is 27.7 Å². The Morgan fingerprint density at radius 1 is 0.630 bits per heavy atom. The smallest absolute Gasteiger partial charge is 0.871 e. The number of nitrogens with zero attached hydrogens (tertiary/aromatic N) is 2. The molecule has 0 aliphatic heterocycles. The van der Waals surface area contributed by atoms with Gasteiger partial charge in [0.1, 0.15) is 0 Å². The van der Waals surface area contributed by atoms with E-state index < -0.39 is 0 Å². The second-order valence-electron chi connectivity index (χ2n) is 6.44. The van der Waals surface area contributed by atoms with Crippen molar-refractivity contribution in [3.63, 3.8) is 0 Å². The van der Waals surface area contributed by atoms with Gasteiger partial charge in [-0.1, -0.05) is 47.9 Å². The number of fused-ring (bicyclic) bond motifs is 2. The van der Waals surface area contributed by atoms with E-state index in [0.29, 0.717) is 11.0 Å². The zero-order valence-corrected chi connectivity index (χ0v) is 19.0. The molecule has 0 atom stereocenters. The minimum atomic E-state index is 0. The first kappa shape index (κ1) is 20.8. The number of pyridine rings is 2. The molecule has 27 heavy (non-hydrogen) atoms. The number of para-hydroxylation sites is 2. The van der Waals surface area contributed by atoms with E-state index in [9.17, 15) is 10.2 Å². The Balaban J connectivity index is 0.000000187. The van der Waals surface area contributed by atoms with Crippen molar-refractivity contribution in [3.8, 4) is 11.5 Å². The third-order valence-electron chi connectivity index (χ3n) is 4.76. The second kappa shape index (κ2) is 8.45. The van der Waals surface area contributed by atoms with Gasteiger partial charge >= 0.3 is 19.5 Å². The Kier molecular flexibility index (Phi) is 6.51. The van der Waals surface area contributed by atoms with Gasteiger partial charge < -0.3 is 10.2 Å². The summed E-state index contributed by atoms with van der Waals surface area (Å²) in [6.45, 7) is 8.02. The van der Waals surface area contributed by atoms with Gasteiger partial charge in [-0.15, -0.1) is 0 Å². The van der Waals surface area contributed by atoms with E-state index in [1.54, 1.807) is 36.7 Å². The summed E-state index contributed by atoms with van der Waals surface area (Å²) in [7, 11) is 0. The molecule has 2 aromatic carbocycles. The van der Waals surface area contributed by atoms with Crippen molar-refractivity contribution in [2.24, 2.45) is 0 Å². The molecule has 0 bridgehead atoms. The summed E-state index contributed by atoms with van der Waals surface area (Å²) in [5, 5.41) is 24.7. The van der Waals surface area contributed by atoms with Crippen molar-refractivity contribution < 1.29 is 29.7 Å². The van der Waals surface area contributed by atoms with E-state index in [1.807, 2.05) is 39.8 Å². The van der Waals surface area contributed by atoms with Crippen LogP contribution in [0.15, 0.2) is 48.8 Å². The van der Waals surface area contributed by atoms with E-state index in [0.717, 1.165) is 33.0 Å². The standard InChI is InChI=1S/2C11H11NO.Zn/c2*1-7-6-12-11-9(8(7)2)4-3-5-10(11)13;/h2*3-6,13H,1-2H3;/q;;+2/p-2. The molecule has 0 spiro atoms. The van der Waals surface area contributed by atoms with Gasteiger partial charge in [-0.05, 0) is 49.9 Å². The summed E-state index contributed by atoms with van der Waals surface area (Å²) in [6.07, 6.45) is 3.50. The Hall–Kier alpha value is -2.52. The van der Waals surface area contributed by atoms with Gasteiger partial charge in [0.25, 0.3) is 0 Å². The molecule has 0 radical (unpaired) electrons. The van der Waals surface area contributed by atoms with Gasteiger partial charge in [-0.3, -0.25) is 9.97 Å². The quantitative estimate of drug-likeness (QED) is 0.413. The number of hydrogen-bond donors (Lipinski definition) is 0. The van der Waals surface area contributed by atoms with Gasteiger partial charge in [0.05, 0.1) is 11.0 Å². The van der Waals surface area contributed by atoms with Crippen molar-refractivity contribution in [2.75, 3.05) is 0 Å². The maximum atomic E-state index is 11.4. The Morgan fingerprint density at radius 2 is 1.00 bits per heavy atom. The molecule has 0 aliphatic rings. The fourth-order valence-electron chi connectivity index (χ4n) is 2.86. The molecule has 4 nitrogen and oxygen atoms in total. The maximum absolute atomic E-state index is 11.4. The summed E-state index contributed by atoms with van der Waals surface area (Å²) in [5.74, 6) is 0.00111. The average molecular weight is 410 g/mol. The first-order valence-electron chi connectivity index (χ1n) is 8.44. The molecule has 4 aromatic rings. The molecule has 0 N–H and O–H groups in total. The minimum absolute atomic E-state index is 0. The van der Waals surface area contributed by atoms with Crippen molar-refractivity contribution in [2.45, 2.75) is 27.7 Å². The summed E-state index contributed by atoms with van der Waals surface area (Å²) in [4.78, 5) is 8.26. The molecule has 0 saturated carbocycles. The molecule has 132 valence electrons. The van der Waals surface area contributed by atoms with Crippen molar-refractivity contribution >= 4 is 21.8 Å². The largest absolute Gasteiger partial charge is 2.00 e. The summed E-state index contributed by atoms with van der Waals surface area (Å²) in [6, 6.07) is 10.5. The Labute approximate surface area is 171 Å². The zero-order valence-electron chi connectivity index (χ0n) is 16.0. The Morgan fingerprint density at radius 3 is 1.37 bits per heavy atom. The van der Waals surface area contributed by atoms with Crippen molar-refractivity contribution in [3.05, 3.63) is 71.0 Å². The van der Waals surface area contributed by atoms with Crippen LogP contribution in [0.2, 0.25) is 0 Å². The number of rotatable bonds is 0. The van der Waals surface area contributed by atoms with Crippen LogP contribution in [0.5, 0.6) is 11.5 Å². The molecule has 0 aliphatic carbocycles. The molecule has 0 fully saturated rings. The van der Waals surface area contributed by atoms with Crippen LogP contribution in [0.25, 0.3) is 21.8 Å². The SMILES string of the molecule is Cc1cnc2c([O-])cccc2c1C.Cc1cnc2c([O-])cccc2c1C.[Zn+2]. The van der Waals surface area contributed by atoms with Crippen LogP contribution < -0.4 is 10.2 Å². The Bertz CT molecular complexity index is 1020. The average Bonchev–Trinajstić information content (AvgIpc) is 2.63. The molecule has 5 heteroatoms. The van der Waals surface area contributed by atoms with Gasteiger partial charge in [0.15, 0.2) is 0 Å². The van der Waals surface area contributed by atoms with E-state index >= 15 is 0 Å². The predicted molar refractivity (Wildman–Crippen MR) is 101 cm³/mol. The van der Waals surface area contributed by atoms with Crippen molar-refractivity contribution in [1.29, 1.82) is 0 Å². The first-order chi connectivity index (χ1) is 12.4. The summed E-state index contributed by atoms with van der Waals surface area (Å²) < 4.78 is 0. The molecule has 0 saturated heterocycles. The van der Waals surface area contributed by atoms with Crippen LogP contribution in [0.4, 0.5) is 0 Å². The molecular formula is C22H20N2O2Zn.